The number of ether oxygens (including phenoxy) is 2. The molecule has 0 amide bonds. The van der Waals surface area contributed by atoms with E-state index < -0.39 is 7.60 Å². The Hall–Kier alpha value is -1.58. The summed E-state index contributed by atoms with van der Waals surface area (Å²) in [5.41, 5.74) is 6.89. The molecule has 1 unspecified atom stereocenters. The molecule has 0 spiro atoms. The lowest BCUT2D eigenvalue weighted by molar-refractivity contribution is 0.106. The lowest BCUT2D eigenvalue weighted by atomic mass is 10.0. The zero-order valence-electron chi connectivity index (χ0n) is 23.4. The summed E-state index contributed by atoms with van der Waals surface area (Å²) in [7, 11) is -3.80. The van der Waals surface area contributed by atoms with Crippen molar-refractivity contribution in [3.63, 3.8) is 0 Å². The van der Waals surface area contributed by atoms with Crippen LogP contribution in [0, 0.1) is 0 Å². The number of hydrogen-bond acceptors (Lipinski definition) is 8. The maximum Gasteiger partial charge on any atom is 0.353 e. The second-order valence-corrected chi connectivity index (χ2v) is 11.7. The molecule has 2 aromatic rings. The first-order chi connectivity index (χ1) is 18.5. The first kappa shape index (κ1) is 32.6. The molecule has 11 heteroatoms. The van der Waals surface area contributed by atoms with Crippen LogP contribution in [0.5, 0.6) is 0 Å². The van der Waals surface area contributed by atoms with Gasteiger partial charge in [-0.15, -0.1) is 0 Å². The highest BCUT2D eigenvalue weighted by Crippen LogP contribution is 2.41. The quantitative estimate of drug-likeness (QED) is 0.104. The van der Waals surface area contributed by atoms with Crippen molar-refractivity contribution < 1.29 is 23.5 Å². The Labute approximate surface area is 228 Å². The molecule has 0 aliphatic rings. The number of fused-ring (bicyclic) bond motifs is 1. The monoisotopic (exact) mass is 555 g/mol. The highest BCUT2D eigenvalue weighted by atomic mass is 31.2. The van der Waals surface area contributed by atoms with Crippen LogP contribution < -0.4 is 5.73 Å². The Balaban J connectivity index is 1.34. The maximum absolute atomic E-state index is 12.1. The molecule has 2 heterocycles. The van der Waals surface area contributed by atoms with Gasteiger partial charge in [-0.25, -0.2) is 15.0 Å². The second kappa shape index (κ2) is 20.3. The van der Waals surface area contributed by atoms with Crippen molar-refractivity contribution in [1.29, 1.82) is 0 Å². The van der Waals surface area contributed by atoms with Crippen LogP contribution in [0.15, 0.2) is 12.7 Å². The topological polar surface area (TPSA) is 135 Å². The van der Waals surface area contributed by atoms with Gasteiger partial charge in [-0.1, -0.05) is 90.4 Å². The van der Waals surface area contributed by atoms with Crippen molar-refractivity contribution in [2.75, 3.05) is 38.5 Å². The predicted octanol–water partition coefficient (Wildman–Crippen LogP) is 6.47. The molecule has 0 saturated heterocycles. The van der Waals surface area contributed by atoms with Gasteiger partial charge in [-0.3, -0.25) is 4.57 Å². The van der Waals surface area contributed by atoms with Crippen LogP contribution in [-0.2, 0) is 25.1 Å². The molecular weight excluding hydrogens is 505 g/mol. The average Bonchev–Trinajstić information content (AvgIpc) is 3.32. The molecule has 2 aromatic heterocycles. The van der Waals surface area contributed by atoms with Gasteiger partial charge >= 0.3 is 7.60 Å². The van der Waals surface area contributed by atoms with Crippen molar-refractivity contribution in [3.05, 3.63) is 12.7 Å². The zero-order chi connectivity index (χ0) is 27.3. The Morgan fingerprint density at radius 2 is 1.39 bits per heavy atom. The molecule has 1 atom stereocenters. The van der Waals surface area contributed by atoms with E-state index in [0.29, 0.717) is 36.6 Å². The molecule has 10 nitrogen and oxygen atoms in total. The molecule has 0 aromatic carbocycles. The molecule has 0 aliphatic heterocycles. The smallest absolute Gasteiger partial charge is 0.353 e. The summed E-state index contributed by atoms with van der Waals surface area (Å²) in [6.45, 7) is 4.32. The molecule has 0 fully saturated rings. The third-order valence-corrected chi connectivity index (χ3v) is 7.62. The van der Waals surface area contributed by atoms with Gasteiger partial charge in [-0.2, -0.15) is 0 Å². The van der Waals surface area contributed by atoms with Crippen LogP contribution in [0.25, 0.3) is 11.2 Å². The van der Waals surface area contributed by atoms with E-state index in [-0.39, 0.29) is 19.6 Å². The minimum atomic E-state index is -3.80. The Morgan fingerprint density at radius 1 is 0.789 bits per heavy atom. The molecule has 218 valence electrons. The third-order valence-electron chi connectivity index (χ3n) is 6.53. The largest absolute Gasteiger partial charge is 0.382 e. The van der Waals surface area contributed by atoms with Crippen LogP contribution in [0.3, 0.4) is 0 Å². The molecule has 2 rings (SSSR count). The average molecular weight is 556 g/mol. The van der Waals surface area contributed by atoms with E-state index in [1.807, 2.05) is 0 Å². The van der Waals surface area contributed by atoms with Gasteiger partial charge in [0, 0.05) is 19.8 Å². The number of nitrogens with two attached hydrogens (primary N) is 1. The van der Waals surface area contributed by atoms with Crippen LogP contribution in [0.4, 0.5) is 5.82 Å². The minimum absolute atomic E-state index is 0.165. The summed E-state index contributed by atoms with van der Waals surface area (Å²) in [4.78, 5) is 22.2. The molecule has 0 bridgehead atoms. The lowest BCUT2D eigenvalue weighted by Crippen LogP contribution is -2.08. The first-order valence-corrected chi connectivity index (χ1v) is 16.3. The number of unbranched alkanes of at least 4 members (excludes halogenated alkanes) is 13. The third kappa shape index (κ3) is 14.5. The van der Waals surface area contributed by atoms with Gasteiger partial charge in [0.2, 0.25) is 0 Å². The summed E-state index contributed by atoms with van der Waals surface area (Å²) >= 11 is 0. The maximum atomic E-state index is 12.1. The Morgan fingerprint density at radius 3 is 2.05 bits per heavy atom. The zero-order valence-corrected chi connectivity index (χ0v) is 24.3. The van der Waals surface area contributed by atoms with E-state index in [4.69, 9.17) is 19.7 Å². The molecule has 0 radical (unpaired) electrons. The number of aromatic nitrogens is 4. The summed E-state index contributed by atoms with van der Waals surface area (Å²) in [5, 5.41) is 0. The SMILES string of the molecule is CCCCCCCCCCCCCCCCOCCCOP(=O)(O)COCCn1cnc2c(N)ncnc21. The van der Waals surface area contributed by atoms with Crippen molar-refractivity contribution >= 4 is 24.6 Å². The number of rotatable bonds is 25. The summed E-state index contributed by atoms with van der Waals surface area (Å²) < 4.78 is 30.0. The van der Waals surface area contributed by atoms with Crippen LogP contribution >= 0.6 is 7.60 Å². The van der Waals surface area contributed by atoms with Gasteiger partial charge in [0.05, 0.1) is 19.5 Å². The molecule has 38 heavy (non-hydrogen) atoms. The van der Waals surface area contributed by atoms with E-state index in [1.165, 1.54) is 89.8 Å². The number of imidazole rings is 1. The molecule has 3 N–H and O–H groups in total. The predicted molar refractivity (Wildman–Crippen MR) is 152 cm³/mol. The van der Waals surface area contributed by atoms with Crippen LogP contribution in [0.1, 0.15) is 103 Å². The molecule has 0 saturated carbocycles. The fraction of sp³-hybridized carbons (Fsp3) is 0.815. The minimum Gasteiger partial charge on any atom is -0.382 e. The van der Waals surface area contributed by atoms with Crippen molar-refractivity contribution in [1.82, 2.24) is 19.5 Å². The molecular formula is C27H50N5O5P. The fourth-order valence-corrected chi connectivity index (χ4v) is 5.16. The van der Waals surface area contributed by atoms with Crippen molar-refractivity contribution in [2.45, 2.75) is 110 Å². The van der Waals surface area contributed by atoms with Gasteiger partial charge in [0.1, 0.15) is 18.2 Å². The standard InChI is InChI=1S/C27H50N5O5P/c1-2-3-4-5-6-7-8-9-10-11-12-13-14-15-18-35-19-16-20-37-38(33,34)24-36-21-17-32-23-31-25-26(28)29-22-30-27(25)32/h22-23H,2-21,24H2,1H3,(H,33,34)(H2,28,29,30). The Kier molecular flexibility index (Phi) is 17.5. The molecule has 0 aliphatic carbocycles. The van der Waals surface area contributed by atoms with Gasteiger partial charge < -0.3 is 29.2 Å². The van der Waals surface area contributed by atoms with Crippen LogP contribution in [0.2, 0.25) is 0 Å². The number of anilines is 1. The summed E-state index contributed by atoms with van der Waals surface area (Å²) in [6, 6.07) is 0. The first-order valence-electron chi connectivity index (χ1n) is 14.6. The lowest BCUT2D eigenvalue weighted by Gasteiger charge is -2.13. The van der Waals surface area contributed by atoms with E-state index in [1.54, 1.807) is 10.9 Å². The highest BCUT2D eigenvalue weighted by molar-refractivity contribution is 7.52. The van der Waals surface area contributed by atoms with Crippen LogP contribution in [-0.4, -0.2) is 57.2 Å². The van der Waals surface area contributed by atoms with Gasteiger partial charge in [0.25, 0.3) is 0 Å². The van der Waals surface area contributed by atoms with Gasteiger partial charge in [-0.05, 0) is 12.8 Å². The van der Waals surface area contributed by atoms with E-state index in [2.05, 4.69) is 21.9 Å². The van der Waals surface area contributed by atoms with E-state index in [9.17, 15) is 9.46 Å². The Bertz CT molecular complexity index is 913. The normalized spacial score (nSPS) is 13.3. The van der Waals surface area contributed by atoms with E-state index >= 15 is 0 Å². The number of hydrogen-bond donors (Lipinski definition) is 2. The number of nitrogens with zero attached hydrogens (tertiary/aromatic N) is 4. The van der Waals surface area contributed by atoms with Crippen molar-refractivity contribution in [2.24, 2.45) is 0 Å². The summed E-state index contributed by atoms with van der Waals surface area (Å²) in [5.74, 6) is 0.312. The fourth-order valence-electron chi connectivity index (χ4n) is 4.31. The number of nitrogen functional groups attached to an aromatic ring is 1. The van der Waals surface area contributed by atoms with Crippen molar-refractivity contribution in [3.8, 4) is 0 Å². The van der Waals surface area contributed by atoms with E-state index in [0.717, 1.165) is 13.0 Å². The second-order valence-electron chi connectivity index (χ2n) is 9.94. The highest BCUT2D eigenvalue weighted by Gasteiger charge is 2.19. The van der Waals surface area contributed by atoms with Gasteiger partial charge in [0.15, 0.2) is 11.5 Å². The summed E-state index contributed by atoms with van der Waals surface area (Å²) in [6.07, 6.45) is 21.9.